The number of imidazole rings is 1. The van der Waals surface area contributed by atoms with Gasteiger partial charge in [-0.05, 0) is 29.8 Å². The van der Waals surface area contributed by atoms with Gasteiger partial charge >= 0.3 is 6.03 Å². The summed E-state index contributed by atoms with van der Waals surface area (Å²) >= 11 is 0. The lowest BCUT2D eigenvalue weighted by Crippen LogP contribution is -2.30. The molecule has 0 atom stereocenters. The number of amides is 3. The van der Waals surface area contributed by atoms with Gasteiger partial charge in [0.2, 0.25) is 5.91 Å². The van der Waals surface area contributed by atoms with Gasteiger partial charge in [-0.25, -0.2) is 9.78 Å². The minimum Gasteiger partial charge on any atom is -0.378 e. The van der Waals surface area contributed by atoms with Gasteiger partial charge in [0, 0.05) is 12.7 Å². The largest absolute Gasteiger partial charge is 0.378 e. The highest BCUT2D eigenvalue weighted by atomic mass is 16.2. The maximum absolute atomic E-state index is 11.7. The summed E-state index contributed by atoms with van der Waals surface area (Å²) in [5.74, 6) is 0.735. The Morgan fingerprint density at radius 2 is 2.00 bits per heavy atom. The van der Waals surface area contributed by atoms with Gasteiger partial charge in [0.1, 0.15) is 5.82 Å². The maximum Gasteiger partial charge on any atom is 0.324 e. The average molecular weight is 349 g/mol. The Kier molecular flexibility index (Phi) is 4.04. The van der Waals surface area contributed by atoms with E-state index in [1.165, 1.54) is 4.90 Å². The highest BCUT2D eigenvalue weighted by Crippen LogP contribution is 2.17. The molecule has 0 bridgehead atoms. The monoisotopic (exact) mass is 349 g/mol. The van der Waals surface area contributed by atoms with E-state index >= 15 is 0 Å². The van der Waals surface area contributed by atoms with Crippen LogP contribution in [0.15, 0.2) is 48.5 Å². The van der Waals surface area contributed by atoms with Crippen LogP contribution < -0.4 is 10.6 Å². The van der Waals surface area contributed by atoms with Crippen molar-refractivity contribution >= 4 is 28.7 Å². The first-order chi connectivity index (χ1) is 12.6. The molecule has 4 rings (SSSR count). The normalized spacial score (nSPS) is 14.1. The van der Waals surface area contributed by atoms with Crippen LogP contribution in [0, 0.1) is 0 Å². The molecule has 0 unspecified atom stereocenters. The van der Waals surface area contributed by atoms with Crippen molar-refractivity contribution in [2.24, 2.45) is 7.05 Å². The number of anilines is 1. The zero-order valence-corrected chi connectivity index (χ0v) is 14.4. The molecule has 1 saturated heterocycles. The Morgan fingerprint density at radius 3 is 2.77 bits per heavy atom. The molecular weight excluding hydrogens is 330 g/mol. The van der Waals surface area contributed by atoms with Gasteiger partial charge in [0.15, 0.2) is 0 Å². The fraction of sp³-hybridized carbons (Fsp3) is 0.211. The molecule has 1 aliphatic rings. The maximum atomic E-state index is 11.7. The average Bonchev–Trinajstić information content (AvgIpc) is 3.14. The van der Waals surface area contributed by atoms with Crippen LogP contribution in [0.2, 0.25) is 0 Å². The van der Waals surface area contributed by atoms with E-state index in [-0.39, 0.29) is 25.0 Å². The fourth-order valence-corrected chi connectivity index (χ4v) is 3.11. The van der Waals surface area contributed by atoms with Gasteiger partial charge in [0.05, 0.1) is 30.7 Å². The Hall–Kier alpha value is -3.35. The molecule has 7 nitrogen and oxygen atoms in total. The van der Waals surface area contributed by atoms with Crippen LogP contribution in [0.3, 0.4) is 0 Å². The molecular formula is C19H19N5O2. The summed E-state index contributed by atoms with van der Waals surface area (Å²) in [6, 6.07) is 15.4. The Bertz CT molecular complexity index is 979. The molecule has 0 aliphatic carbocycles. The number of fused-ring (bicyclic) bond motifs is 1. The highest BCUT2D eigenvalue weighted by molar-refractivity contribution is 6.01. The van der Waals surface area contributed by atoms with Crippen LogP contribution in [0.1, 0.15) is 11.4 Å². The Labute approximate surface area is 150 Å². The number of aromatic nitrogens is 2. The third kappa shape index (κ3) is 2.99. The number of carbonyl (C=O) groups excluding carboxylic acids is 2. The molecule has 2 aromatic carbocycles. The second kappa shape index (κ2) is 6.51. The Balaban J connectivity index is 1.47. The third-order valence-corrected chi connectivity index (χ3v) is 4.54. The van der Waals surface area contributed by atoms with Crippen molar-refractivity contribution in [2.45, 2.75) is 13.1 Å². The second-order valence-corrected chi connectivity index (χ2v) is 6.27. The summed E-state index contributed by atoms with van der Waals surface area (Å²) in [7, 11) is 2.00. The van der Waals surface area contributed by atoms with Crippen LogP contribution in [0.25, 0.3) is 11.0 Å². The van der Waals surface area contributed by atoms with Crippen molar-refractivity contribution in [3.8, 4) is 0 Å². The standard InChI is InChI=1S/C19H19N5O2/c1-23-16-8-3-2-7-15(16)22-17(23)10-20-14-6-4-5-13(9-14)12-24-18(25)11-21-19(24)26/h2-9,20H,10-12H2,1H3,(H,21,26). The molecule has 1 aromatic heterocycles. The molecule has 2 heterocycles. The molecule has 1 fully saturated rings. The number of nitrogens with one attached hydrogen (secondary N) is 2. The lowest BCUT2D eigenvalue weighted by atomic mass is 10.2. The van der Waals surface area contributed by atoms with Gasteiger partial charge < -0.3 is 15.2 Å². The van der Waals surface area contributed by atoms with Crippen LogP contribution in [-0.4, -0.2) is 32.9 Å². The van der Waals surface area contributed by atoms with E-state index in [9.17, 15) is 9.59 Å². The number of aryl methyl sites for hydroxylation is 1. The van der Waals surface area contributed by atoms with Gasteiger partial charge in [0.25, 0.3) is 0 Å². The van der Waals surface area contributed by atoms with E-state index in [1.54, 1.807) is 0 Å². The number of nitrogens with zero attached hydrogens (tertiary/aromatic N) is 3. The summed E-state index contributed by atoms with van der Waals surface area (Å²) in [4.78, 5) is 29.3. The van der Waals surface area contributed by atoms with Gasteiger partial charge in [-0.3, -0.25) is 9.69 Å². The number of carbonyl (C=O) groups is 2. The van der Waals surface area contributed by atoms with E-state index in [0.29, 0.717) is 6.54 Å². The molecule has 2 N–H and O–H groups in total. The summed E-state index contributed by atoms with van der Waals surface area (Å²) in [5, 5.41) is 5.89. The number of para-hydroxylation sites is 2. The number of imide groups is 1. The van der Waals surface area contributed by atoms with E-state index in [1.807, 2.05) is 55.6 Å². The molecule has 132 valence electrons. The molecule has 0 radical (unpaired) electrons. The minimum atomic E-state index is -0.340. The lowest BCUT2D eigenvalue weighted by Gasteiger charge is -2.13. The van der Waals surface area contributed by atoms with Crippen LogP contribution >= 0.6 is 0 Å². The lowest BCUT2D eigenvalue weighted by molar-refractivity contribution is -0.125. The van der Waals surface area contributed by atoms with Gasteiger partial charge in [-0.2, -0.15) is 0 Å². The smallest absolute Gasteiger partial charge is 0.324 e. The van der Waals surface area contributed by atoms with Crippen LogP contribution in [0.4, 0.5) is 10.5 Å². The summed E-state index contributed by atoms with van der Waals surface area (Å²) in [6.07, 6.45) is 0. The SMILES string of the molecule is Cn1c(CNc2cccc(CN3C(=O)CNC3=O)c2)nc2ccccc21. The van der Waals surface area contributed by atoms with Crippen molar-refractivity contribution in [1.29, 1.82) is 0 Å². The first-order valence-electron chi connectivity index (χ1n) is 8.43. The van der Waals surface area contributed by atoms with E-state index < -0.39 is 0 Å². The first kappa shape index (κ1) is 16.1. The number of rotatable bonds is 5. The van der Waals surface area contributed by atoms with E-state index in [2.05, 4.69) is 20.2 Å². The van der Waals surface area contributed by atoms with Gasteiger partial charge in [-0.15, -0.1) is 0 Å². The molecule has 7 heteroatoms. The number of hydrogen-bond acceptors (Lipinski definition) is 4. The van der Waals surface area contributed by atoms with Crippen molar-refractivity contribution < 1.29 is 9.59 Å². The molecule has 3 aromatic rings. The summed E-state index contributed by atoms with van der Waals surface area (Å²) in [6.45, 7) is 0.924. The highest BCUT2D eigenvalue weighted by Gasteiger charge is 2.28. The zero-order chi connectivity index (χ0) is 18.1. The molecule has 0 spiro atoms. The van der Waals surface area contributed by atoms with Crippen molar-refractivity contribution in [1.82, 2.24) is 19.8 Å². The first-order valence-corrected chi connectivity index (χ1v) is 8.43. The number of benzene rings is 2. The van der Waals surface area contributed by atoms with Crippen molar-refractivity contribution in [3.63, 3.8) is 0 Å². The molecule has 1 aliphatic heterocycles. The quantitative estimate of drug-likeness (QED) is 0.693. The number of urea groups is 1. The Morgan fingerprint density at radius 1 is 1.15 bits per heavy atom. The van der Waals surface area contributed by atoms with Crippen molar-refractivity contribution in [3.05, 3.63) is 59.9 Å². The third-order valence-electron chi connectivity index (χ3n) is 4.54. The van der Waals surface area contributed by atoms with E-state index in [0.717, 1.165) is 28.1 Å². The molecule has 3 amide bonds. The van der Waals surface area contributed by atoms with Crippen LogP contribution in [0.5, 0.6) is 0 Å². The van der Waals surface area contributed by atoms with Crippen molar-refractivity contribution in [2.75, 3.05) is 11.9 Å². The number of hydrogen-bond donors (Lipinski definition) is 2. The topological polar surface area (TPSA) is 79.3 Å². The molecule has 26 heavy (non-hydrogen) atoms. The molecule has 0 saturated carbocycles. The minimum absolute atomic E-state index is 0.0729. The predicted molar refractivity (Wildman–Crippen MR) is 98.4 cm³/mol. The second-order valence-electron chi connectivity index (χ2n) is 6.27. The van der Waals surface area contributed by atoms with Gasteiger partial charge in [-0.1, -0.05) is 24.3 Å². The summed E-state index contributed by atoms with van der Waals surface area (Å²) < 4.78 is 2.07. The zero-order valence-electron chi connectivity index (χ0n) is 14.4. The van der Waals surface area contributed by atoms with Crippen LogP contribution in [-0.2, 0) is 24.9 Å². The fourth-order valence-electron chi connectivity index (χ4n) is 3.11. The van der Waals surface area contributed by atoms with E-state index in [4.69, 9.17) is 0 Å². The summed E-state index contributed by atoms with van der Waals surface area (Å²) in [5.41, 5.74) is 3.88. The predicted octanol–water partition coefficient (Wildman–Crippen LogP) is 2.24.